The number of hydrogen-bond donors (Lipinski definition) is 0. The average Bonchev–Trinajstić information content (AvgIpc) is 2.59. The van der Waals surface area contributed by atoms with Crippen LogP contribution in [0.25, 0.3) is 0 Å². The van der Waals surface area contributed by atoms with E-state index in [1.165, 1.54) is 0 Å². The van der Waals surface area contributed by atoms with Crippen LogP contribution in [0.15, 0.2) is 53.4 Å². The van der Waals surface area contributed by atoms with E-state index in [0.717, 1.165) is 17.5 Å². The molecule has 0 heterocycles. The summed E-state index contributed by atoms with van der Waals surface area (Å²) >= 11 is 0. The average molecular weight is 347 g/mol. The zero-order valence-corrected chi connectivity index (χ0v) is 14.6. The van der Waals surface area contributed by atoms with E-state index in [-0.39, 0.29) is 11.5 Å². The predicted molar refractivity (Wildman–Crippen MR) is 94.0 cm³/mol. The van der Waals surface area contributed by atoms with Crippen molar-refractivity contribution < 1.29 is 17.4 Å². The van der Waals surface area contributed by atoms with Gasteiger partial charge in [0.2, 0.25) is 0 Å². The molecule has 0 aromatic heterocycles. The van der Waals surface area contributed by atoms with Gasteiger partial charge in [-0.3, -0.25) is 8.98 Å². The van der Waals surface area contributed by atoms with Crippen molar-refractivity contribution in [3.63, 3.8) is 0 Å². The van der Waals surface area contributed by atoms with Gasteiger partial charge in [0.05, 0.1) is 11.5 Å². The van der Waals surface area contributed by atoms with Gasteiger partial charge in [0.1, 0.15) is 6.29 Å². The highest BCUT2D eigenvalue weighted by Gasteiger charge is 2.15. The molecule has 2 aromatic carbocycles. The van der Waals surface area contributed by atoms with Gasteiger partial charge in [0, 0.05) is 24.3 Å². The number of aldehydes is 1. The molecule has 0 aliphatic carbocycles. The molecule has 0 atom stereocenters. The number of nitrogens with zero attached hydrogens (tertiary/aromatic N) is 1. The third kappa shape index (κ3) is 4.66. The van der Waals surface area contributed by atoms with Crippen LogP contribution in [0.4, 0.5) is 5.69 Å². The van der Waals surface area contributed by atoms with E-state index in [1.54, 1.807) is 36.4 Å². The van der Waals surface area contributed by atoms with Crippen LogP contribution in [0.1, 0.15) is 22.8 Å². The Labute approximate surface area is 143 Å². The number of carbonyl (C=O) groups excluding carboxylic acids is 1. The minimum atomic E-state index is -3.75. The summed E-state index contributed by atoms with van der Waals surface area (Å²) in [6, 6.07) is 13.7. The van der Waals surface area contributed by atoms with Gasteiger partial charge in [-0.15, -0.1) is 0 Å². The van der Waals surface area contributed by atoms with Crippen LogP contribution in [0.3, 0.4) is 0 Å². The Morgan fingerprint density at radius 2 is 1.67 bits per heavy atom. The molecule has 2 aromatic rings. The summed E-state index contributed by atoms with van der Waals surface area (Å²) in [6.07, 6.45) is 0.789. The van der Waals surface area contributed by atoms with Crippen LogP contribution < -0.4 is 4.90 Å². The highest BCUT2D eigenvalue weighted by atomic mass is 32.2. The lowest BCUT2D eigenvalue weighted by Crippen LogP contribution is -2.28. The molecule has 0 saturated heterocycles. The molecule has 0 spiro atoms. The highest BCUT2D eigenvalue weighted by molar-refractivity contribution is 7.86. The molecule has 2 rings (SSSR count). The van der Waals surface area contributed by atoms with Gasteiger partial charge in [-0.25, -0.2) is 0 Å². The lowest BCUT2D eigenvalue weighted by molar-refractivity contribution is 0.112. The Balaban J connectivity index is 1.97. The molecule has 128 valence electrons. The lowest BCUT2D eigenvalue weighted by atomic mass is 10.2. The van der Waals surface area contributed by atoms with Crippen molar-refractivity contribution in [2.45, 2.75) is 18.7 Å². The normalized spacial score (nSPS) is 11.2. The number of rotatable bonds is 8. The Hall–Kier alpha value is -2.18. The maximum Gasteiger partial charge on any atom is 0.297 e. The van der Waals surface area contributed by atoms with Crippen LogP contribution >= 0.6 is 0 Å². The first-order chi connectivity index (χ1) is 11.5. The summed E-state index contributed by atoms with van der Waals surface area (Å²) in [7, 11) is -3.75. The second-order valence-electron chi connectivity index (χ2n) is 5.38. The van der Waals surface area contributed by atoms with E-state index in [2.05, 4.69) is 0 Å². The summed E-state index contributed by atoms with van der Waals surface area (Å²) in [5.74, 6) is 0. The van der Waals surface area contributed by atoms with Crippen LogP contribution in [0.5, 0.6) is 0 Å². The van der Waals surface area contributed by atoms with Gasteiger partial charge < -0.3 is 4.90 Å². The Morgan fingerprint density at radius 1 is 1.04 bits per heavy atom. The summed E-state index contributed by atoms with van der Waals surface area (Å²) in [5.41, 5.74) is 2.51. The number of anilines is 1. The number of aryl methyl sites for hydroxylation is 1. The summed E-state index contributed by atoms with van der Waals surface area (Å²) in [5, 5.41) is 0. The first kappa shape index (κ1) is 18.2. The minimum absolute atomic E-state index is 0.0550. The second-order valence-corrected chi connectivity index (χ2v) is 6.99. The van der Waals surface area contributed by atoms with Gasteiger partial charge in [-0.05, 0) is 50.2 Å². The Bertz CT molecular complexity index is 768. The monoisotopic (exact) mass is 347 g/mol. The fraction of sp³-hybridized carbons (Fsp3) is 0.278. The van der Waals surface area contributed by atoms with Gasteiger partial charge in [0.15, 0.2) is 0 Å². The zero-order valence-electron chi connectivity index (χ0n) is 13.8. The molecular formula is C18H21NO4S. The van der Waals surface area contributed by atoms with E-state index in [4.69, 9.17) is 4.18 Å². The molecule has 0 aliphatic rings. The third-order valence-electron chi connectivity index (χ3n) is 3.69. The summed E-state index contributed by atoms with van der Waals surface area (Å²) in [6.45, 7) is 5.06. The molecule has 0 fully saturated rings. The maximum atomic E-state index is 12.2. The molecule has 6 heteroatoms. The van der Waals surface area contributed by atoms with Crippen molar-refractivity contribution in [3.05, 3.63) is 59.7 Å². The third-order valence-corrected chi connectivity index (χ3v) is 5.01. The van der Waals surface area contributed by atoms with E-state index < -0.39 is 10.1 Å². The van der Waals surface area contributed by atoms with E-state index in [1.807, 2.05) is 30.9 Å². The zero-order chi connectivity index (χ0) is 17.6. The molecule has 0 unspecified atom stereocenters. The van der Waals surface area contributed by atoms with Gasteiger partial charge in [-0.1, -0.05) is 17.7 Å². The number of likely N-dealkylation sites (N-methyl/N-ethyl adjacent to an activating group) is 1. The number of carbonyl (C=O) groups is 1. The standard InChI is InChI=1S/C18H21NO4S/c1-3-19(17-8-6-16(14-20)7-9-17)12-13-23-24(21,22)18-10-4-15(2)5-11-18/h4-11,14H,3,12-13H2,1-2H3. The van der Waals surface area contributed by atoms with Crippen molar-refractivity contribution >= 4 is 22.1 Å². The van der Waals surface area contributed by atoms with E-state index >= 15 is 0 Å². The van der Waals surface area contributed by atoms with Crippen LogP contribution in [-0.4, -0.2) is 34.4 Å². The Morgan fingerprint density at radius 3 is 2.21 bits per heavy atom. The van der Waals surface area contributed by atoms with Gasteiger partial charge in [-0.2, -0.15) is 8.42 Å². The predicted octanol–water partition coefficient (Wildman–Crippen LogP) is 3.04. The fourth-order valence-electron chi connectivity index (χ4n) is 2.26. The van der Waals surface area contributed by atoms with Crippen molar-refractivity contribution in [3.8, 4) is 0 Å². The maximum absolute atomic E-state index is 12.2. The fourth-order valence-corrected chi connectivity index (χ4v) is 3.16. The van der Waals surface area contributed by atoms with E-state index in [9.17, 15) is 13.2 Å². The molecule has 0 radical (unpaired) electrons. The van der Waals surface area contributed by atoms with Crippen LogP contribution in [-0.2, 0) is 14.3 Å². The van der Waals surface area contributed by atoms with Gasteiger partial charge >= 0.3 is 0 Å². The molecule has 0 N–H and O–H groups in total. The van der Waals surface area contributed by atoms with Crippen LogP contribution in [0.2, 0.25) is 0 Å². The minimum Gasteiger partial charge on any atom is -0.369 e. The number of benzene rings is 2. The van der Waals surface area contributed by atoms with Crippen molar-refractivity contribution in [1.29, 1.82) is 0 Å². The summed E-state index contributed by atoms with van der Waals surface area (Å²) < 4.78 is 29.4. The van der Waals surface area contributed by atoms with Crippen molar-refractivity contribution in [2.24, 2.45) is 0 Å². The molecule has 24 heavy (non-hydrogen) atoms. The first-order valence-electron chi connectivity index (χ1n) is 7.72. The molecule has 0 bridgehead atoms. The first-order valence-corrected chi connectivity index (χ1v) is 9.13. The van der Waals surface area contributed by atoms with E-state index in [0.29, 0.717) is 18.7 Å². The second kappa shape index (κ2) is 8.08. The Kier molecular flexibility index (Phi) is 6.11. The van der Waals surface area contributed by atoms with Crippen LogP contribution in [0, 0.1) is 6.92 Å². The highest BCUT2D eigenvalue weighted by Crippen LogP contribution is 2.16. The molecule has 0 amide bonds. The molecular weight excluding hydrogens is 326 g/mol. The largest absolute Gasteiger partial charge is 0.369 e. The van der Waals surface area contributed by atoms with Crippen molar-refractivity contribution in [1.82, 2.24) is 0 Å². The smallest absolute Gasteiger partial charge is 0.297 e. The van der Waals surface area contributed by atoms with Gasteiger partial charge in [0.25, 0.3) is 10.1 Å². The topological polar surface area (TPSA) is 63.7 Å². The van der Waals surface area contributed by atoms with Crippen molar-refractivity contribution in [2.75, 3.05) is 24.6 Å². The summed E-state index contributed by atoms with van der Waals surface area (Å²) in [4.78, 5) is 12.8. The molecule has 0 saturated carbocycles. The molecule has 5 nitrogen and oxygen atoms in total. The molecule has 0 aliphatic heterocycles. The SMILES string of the molecule is CCN(CCOS(=O)(=O)c1ccc(C)cc1)c1ccc(C=O)cc1. The quantitative estimate of drug-likeness (QED) is 0.542. The lowest BCUT2D eigenvalue weighted by Gasteiger charge is -2.23. The number of hydrogen-bond acceptors (Lipinski definition) is 5.